The summed E-state index contributed by atoms with van der Waals surface area (Å²) in [6.45, 7) is 2.12. The van der Waals surface area contributed by atoms with Gasteiger partial charge in [-0.05, 0) is 56.0 Å². The lowest BCUT2D eigenvalue weighted by molar-refractivity contribution is 0.323. The largest absolute Gasteiger partial charge is 0.493 e. The lowest BCUT2D eigenvalue weighted by atomic mass is 10.1. The van der Waals surface area contributed by atoms with Gasteiger partial charge in [-0.2, -0.15) is 0 Å². The lowest BCUT2D eigenvalue weighted by Gasteiger charge is -2.14. The Bertz CT molecular complexity index is 397. The van der Waals surface area contributed by atoms with E-state index in [1.165, 1.54) is 18.4 Å². The molecule has 1 aromatic rings. The van der Waals surface area contributed by atoms with Crippen molar-refractivity contribution in [3.05, 3.63) is 17.7 Å². The van der Waals surface area contributed by atoms with Crippen LogP contribution in [0.5, 0.6) is 17.2 Å². The number of hydrogen-bond donors (Lipinski definition) is 1. The van der Waals surface area contributed by atoms with Crippen molar-refractivity contribution < 1.29 is 14.2 Å². The second-order valence-corrected chi connectivity index (χ2v) is 4.93. The summed E-state index contributed by atoms with van der Waals surface area (Å²) in [6.07, 6.45) is 3.73. The Morgan fingerprint density at radius 3 is 2.10 bits per heavy atom. The van der Waals surface area contributed by atoms with Crippen molar-refractivity contribution in [1.29, 1.82) is 0 Å². The van der Waals surface area contributed by atoms with E-state index >= 15 is 0 Å². The summed E-state index contributed by atoms with van der Waals surface area (Å²) in [5, 5.41) is 3.49. The third-order valence-electron chi connectivity index (χ3n) is 3.44. The molecule has 0 aliphatic heterocycles. The van der Waals surface area contributed by atoms with Gasteiger partial charge in [0.2, 0.25) is 5.75 Å². The highest BCUT2D eigenvalue weighted by Crippen LogP contribution is 2.38. The van der Waals surface area contributed by atoms with E-state index in [2.05, 4.69) is 5.32 Å². The summed E-state index contributed by atoms with van der Waals surface area (Å²) in [6, 6.07) is 4.03. The van der Waals surface area contributed by atoms with Gasteiger partial charge >= 0.3 is 0 Å². The number of methoxy groups -OCH3 is 3. The zero-order valence-electron chi connectivity index (χ0n) is 12.4. The van der Waals surface area contributed by atoms with Crippen molar-refractivity contribution in [1.82, 2.24) is 5.32 Å². The summed E-state index contributed by atoms with van der Waals surface area (Å²) >= 11 is 0. The Balaban J connectivity index is 0.00000200. The molecule has 114 valence electrons. The van der Waals surface area contributed by atoms with Gasteiger partial charge in [0.1, 0.15) is 0 Å². The standard InChI is InChI=1S/C15H23NO3.ClH/c1-17-13-8-12(6-7-16-10-11-4-5-11)9-14(18-2)15(13)19-3;/h8-9,11,16H,4-7,10H2,1-3H3;1H. The molecule has 0 heterocycles. The molecule has 20 heavy (non-hydrogen) atoms. The van der Waals surface area contributed by atoms with Crippen LogP contribution < -0.4 is 19.5 Å². The molecule has 0 radical (unpaired) electrons. The molecule has 0 atom stereocenters. The molecule has 0 spiro atoms. The molecule has 0 saturated heterocycles. The van der Waals surface area contributed by atoms with E-state index in [1.807, 2.05) is 12.1 Å². The molecule has 1 N–H and O–H groups in total. The van der Waals surface area contributed by atoms with Gasteiger partial charge in [-0.15, -0.1) is 12.4 Å². The Morgan fingerprint density at radius 1 is 1.05 bits per heavy atom. The van der Waals surface area contributed by atoms with Crippen LogP contribution in [0, 0.1) is 5.92 Å². The van der Waals surface area contributed by atoms with Gasteiger partial charge in [0, 0.05) is 0 Å². The van der Waals surface area contributed by atoms with Gasteiger partial charge in [-0.1, -0.05) is 0 Å². The normalized spacial score (nSPS) is 13.6. The van der Waals surface area contributed by atoms with Crippen molar-refractivity contribution in [3.63, 3.8) is 0 Å². The van der Waals surface area contributed by atoms with E-state index in [-0.39, 0.29) is 12.4 Å². The number of halogens is 1. The first-order valence-corrected chi connectivity index (χ1v) is 6.78. The molecule has 1 aliphatic rings. The molecule has 2 rings (SSSR count). The maximum Gasteiger partial charge on any atom is 0.203 e. The highest BCUT2D eigenvalue weighted by Gasteiger charge is 2.20. The molecular formula is C15H24ClNO3. The number of benzene rings is 1. The van der Waals surface area contributed by atoms with Gasteiger partial charge in [0.15, 0.2) is 11.5 Å². The van der Waals surface area contributed by atoms with Gasteiger partial charge in [-0.25, -0.2) is 0 Å². The lowest BCUT2D eigenvalue weighted by Crippen LogP contribution is -2.19. The molecular weight excluding hydrogens is 278 g/mol. The van der Waals surface area contributed by atoms with E-state index in [4.69, 9.17) is 14.2 Å². The minimum atomic E-state index is 0. The van der Waals surface area contributed by atoms with Crippen LogP contribution >= 0.6 is 12.4 Å². The van der Waals surface area contributed by atoms with Crippen LogP contribution in [-0.4, -0.2) is 34.4 Å². The minimum absolute atomic E-state index is 0. The minimum Gasteiger partial charge on any atom is -0.493 e. The molecule has 1 fully saturated rings. The summed E-state index contributed by atoms with van der Waals surface area (Å²) in [7, 11) is 4.91. The highest BCUT2D eigenvalue weighted by molar-refractivity contribution is 5.85. The fourth-order valence-corrected chi connectivity index (χ4v) is 2.14. The molecule has 0 aromatic heterocycles. The topological polar surface area (TPSA) is 39.7 Å². The maximum absolute atomic E-state index is 5.35. The van der Waals surface area contributed by atoms with E-state index < -0.39 is 0 Å². The van der Waals surface area contributed by atoms with Crippen LogP contribution in [0.2, 0.25) is 0 Å². The first-order chi connectivity index (χ1) is 9.28. The molecule has 1 aromatic carbocycles. The number of ether oxygens (including phenoxy) is 3. The highest BCUT2D eigenvalue weighted by atomic mass is 35.5. The van der Waals surface area contributed by atoms with E-state index in [9.17, 15) is 0 Å². The van der Waals surface area contributed by atoms with Crippen LogP contribution in [0.15, 0.2) is 12.1 Å². The Labute approximate surface area is 127 Å². The number of nitrogens with one attached hydrogen (secondary N) is 1. The van der Waals surface area contributed by atoms with Crippen LogP contribution in [0.3, 0.4) is 0 Å². The van der Waals surface area contributed by atoms with Crippen LogP contribution in [0.25, 0.3) is 0 Å². The zero-order valence-corrected chi connectivity index (χ0v) is 13.2. The van der Waals surface area contributed by atoms with Gasteiger partial charge in [0.25, 0.3) is 0 Å². The average Bonchev–Trinajstić information content (AvgIpc) is 3.26. The van der Waals surface area contributed by atoms with Crippen molar-refractivity contribution in [2.24, 2.45) is 5.92 Å². The summed E-state index contributed by atoms with van der Waals surface area (Å²) in [4.78, 5) is 0. The Morgan fingerprint density at radius 2 is 1.65 bits per heavy atom. The fourth-order valence-electron chi connectivity index (χ4n) is 2.14. The second kappa shape index (κ2) is 8.22. The molecule has 0 unspecified atom stereocenters. The summed E-state index contributed by atoms with van der Waals surface area (Å²) < 4.78 is 16.0. The SMILES string of the molecule is COc1cc(CCNCC2CC2)cc(OC)c1OC.Cl. The predicted molar refractivity (Wildman–Crippen MR) is 82.6 cm³/mol. The average molecular weight is 302 g/mol. The predicted octanol–water partition coefficient (Wildman–Crippen LogP) is 2.68. The molecule has 1 saturated carbocycles. The van der Waals surface area contributed by atoms with Crippen LogP contribution in [0.4, 0.5) is 0 Å². The molecule has 5 heteroatoms. The third-order valence-corrected chi connectivity index (χ3v) is 3.44. The quantitative estimate of drug-likeness (QED) is 0.750. The molecule has 1 aliphatic carbocycles. The van der Waals surface area contributed by atoms with Crippen LogP contribution in [-0.2, 0) is 6.42 Å². The molecule has 4 nitrogen and oxygen atoms in total. The third kappa shape index (κ3) is 4.46. The number of hydrogen-bond acceptors (Lipinski definition) is 4. The van der Waals surface area contributed by atoms with Gasteiger partial charge in [0.05, 0.1) is 21.3 Å². The van der Waals surface area contributed by atoms with Crippen molar-refractivity contribution in [3.8, 4) is 17.2 Å². The van der Waals surface area contributed by atoms with E-state index in [0.29, 0.717) is 5.75 Å². The first kappa shape index (κ1) is 16.9. The first-order valence-electron chi connectivity index (χ1n) is 6.78. The summed E-state index contributed by atoms with van der Waals surface area (Å²) in [5.41, 5.74) is 1.19. The van der Waals surface area contributed by atoms with E-state index in [1.54, 1.807) is 21.3 Å². The monoisotopic (exact) mass is 301 g/mol. The molecule has 0 amide bonds. The van der Waals surface area contributed by atoms with Crippen molar-refractivity contribution >= 4 is 12.4 Å². The number of rotatable bonds is 8. The van der Waals surface area contributed by atoms with Gasteiger partial charge < -0.3 is 19.5 Å². The molecule has 0 bridgehead atoms. The maximum atomic E-state index is 5.35. The smallest absolute Gasteiger partial charge is 0.203 e. The van der Waals surface area contributed by atoms with Crippen molar-refractivity contribution in [2.45, 2.75) is 19.3 Å². The summed E-state index contributed by atoms with van der Waals surface area (Å²) in [5.74, 6) is 3.01. The van der Waals surface area contributed by atoms with E-state index in [0.717, 1.165) is 36.9 Å². The Hall–Kier alpha value is -1.13. The Kier molecular flexibility index (Phi) is 6.96. The van der Waals surface area contributed by atoms with Crippen molar-refractivity contribution in [2.75, 3.05) is 34.4 Å². The zero-order chi connectivity index (χ0) is 13.7. The van der Waals surface area contributed by atoms with Crippen LogP contribution in [0.1, 0.15) is 18.4 Å². The van der Waals surface area contributed by atoms with Gasteiger partial charge in [-0.3, -0.25) is 0 Å². The second-order valence-electron chi connectivity index (χ2n) is 4.93. The fraction of sp³-hybridized carbons (Fsp3) is 0.600.